The Kier molecular flexibility index (Phi) is 3.73. The zero-order valence-electron chi connectivity index (χ0n) is 11.5. The highest BCUT2D eigenvalue weighted by molar-refractivity contribution is 7.92. The van der Waals surface area contributed by atoms with E-state index in [0.29, 0.717) is 11.3 Å². The van der Waals surface area contributed by atoms with Gasteiger partial charge in [-0.05, 0) is 37.6 Å². The lowest BCUT2D eigenvalue weighted by Gasteiger charge is -2.19. The van der Waals surface area contributed by atoms with Gasteiger partial charge in [-0.3, -0.25) is 14.6 Å². The molecule has 0 aliphatic rings. The Morgan fingerprint density at radius 2 is 1.86 bits per heavy atom. The van der Waals surface area contributed by atoms with E-state index in [0.717, 1.165) is 0 Å². The average Bonchev–Trinajstić information content (AvgIpc) is 2.93. The van der Waals surface area contributed by atoms with E-state index < -0.39 is 21.4 Å². The highest BCUT2D eigenvalue weighted by Crippen LogP contribution is 2.25. The molecule has 0 spiro atoms. The van der Waals surface area contributed by atoms with Crippen LogP contribution in [-0.2, 0) is 20.2 Å². The number of benzene rings is 1. The van der Waals surface area contributed by atoms with Crippen molar-refractivity contribution >= 4 is 21.7 Å². The van der Waals surface area contributed by atoms with Gasteiger partial charge in [0.25, 0.3) is 10.0 Å². The van der Waals surface area contributed by atoms with Crippen LogP contribution >= 0.6 is 0 Å². The molecule has 1 aromatic carbocycles. The quantitative estimate of drug-likeness (QED) is 0.776. The summed E-state index contributed by atoms with van der Waals surface area (Å²) in [6.45, 7) is 3.16. The summed E-state index contributed by atoms with van der Waals surface area (Å²) in [4.78, 5) is 11.2. The smallest absolute Gasteiger partial charge is 0.313 e. The predicted molar refractivity (Wildman–Crippen MR) is 76.5 cm³/mol. The number of carboxylic acid groups (broad SMARTS) is 1. The van der Waals surface area contributed by atoms with Gasteiger partial charge in [0.2, 0.25) is 0 Å². The van der Waals surface area contributed by atoms with Crippen LogP contribution in [0.4, 0.5) is 5.69 Å². The molecule has 2 rings (SSSR count). The molecule has 0 amide bonds. The maximum atomic E-state index is 12.0. The first-order chi connectivity index (χ1) is 9.73. The van der Waals surface area contributed by atoms with Crippen molar-refractivity contribution in [1.29, 1.82) is 0 Å². The summed E-state index contributed by atoms with van der Waals surface area (Å²) in [6.07, 6.45) is 1.34. The third-order valence-electron chi connectivity index (χ3n) is 3.16. The molecule has 21 heavy (non-hydrogen) atoms. The molecule has 1 aromatic heterocycles. The molecule has 1 heterocycles. The van der Waals surface area contributed by atoms with E-state index in [1.807, 2.05) is 0 Å². The number of carbonyl (C=O) groups is 1. The van der Waals surface area contributed by atoms with Gasteiger partial charge in [-0.25, -0.2) is 0 Å². The zero-order valence-corrected chi connectivity index (χ0v) is 12.3. The number of hydrogen-bond donors (Lipinski definition) is 3. The van der Waals surface area contributed by atoms with Crippen molar-refractivity contribution in [3.05, 3.63) is 42.1 Å². The summed E-state index contributed by atoms with van der Waals surface area (Å²) in [5, 5.41) is 15.1. The first-order valence-electron chi connectivity index (χ1n) is 6.09. The molecule has 0 aliphatic heterocycles. The number of H-pyrrole nitrogens is 1. The number of nitrogens with one attached hydrogen (secondary N) is 2. The Morgan fingerprint density at radius 1 is 1.24 bits per heavy atom. The second-order valence-corrected chi connectivity index (χ2v) is 6.68. The Labute approximate surface area is 122 Å². The fourth-order valence-corrected chi connectivity index (χ4v) is 2.65. The van der Waals surface area contributed by atoms with E-state index in [1.165, 1.54) is 24.4 Å². The average molecular weight is 309 g/mol. The molecule has 0 atom stereocenters. The van der Waals surface area contributed by atoms with Gasteiger partial charge in [-0.2, -0.15) is 13.5 Å². The number of hydrogen-bond acceptors (Lipinski definition) is 4. The van der Waals surface area contributed by atoms with Crippen LogP contribution in [0.15, 0.2) is 41.6 Å². The third kappa shape index (κ3) is 3.05. The van der Waals surface area contributed by atoms with Crippen LogP contribution in [0, 0.1) is 0 Å². The van der Waals surface area contributed by atoms with E-state index in [1.54, 1.807) is 26.0 Å². The van der Waals surface area contributed by atoms with Crippen molar-refractivity contribution in [3.8, 4) is 0 Å². The van der Waals surface area contributed by atoms with E-state index >= 15 is 0 Å². The zero-order chi connectivity index (χ0) is 15.7. The summed E-state index contributed by atoms with van der Waals surface area (Å²) in [6, 6.07) is 7.55. The van der Waals surface area contributed by atoms with Crippen molar-refractivity contribution in [2.75, 3.05) is 4.72 Å². The summed E-state index contributed by atoms with van der Waals surface area (Å²) < 4.78 is 26.3. The van der Waals surface area contributed by atoms with Crippen LogP contribution in [0.25, 0.3) is 0 Å². The highest BCUT2D eigenvalue weighted by Gasteiger charge is 2.29. The van der Waals surface area contributed by atoms with Crippen LogP contribution in [-0.4, -0.2) is 29.7 Å². The van der Waals surface area contributed by atoms with Gasteiger partial charge < -0.3 is 5.11 Å². The molecule has 0 aliphatic carbocycles. The Bertz CT molecular complexity index is 734. The molecule has 2 aromatic rings. The van der Waals surface area contributed by atoms with Crippen molar-refractivity contribution in [3.63, 3.8) is 0 Å². The molecule has 7 nitrogen and oxygen atoms in total. The van der Waals surface area contributed by atoms with Crippen molar-refractivity contribution < 1.29 is 18.3 Å². The lowest BCUT2D eigenvalue weighted by atomic mass is 9.85. The number of sulfonamides is 1. The van der Waals surface area contributed by atoms with E-state index in [2.05, 4.69) is 14.9 Å². The largest absolute Gasteiger partial charge is 0.481 e. The van der Waals surface area contributed by atoms with Gasteiger partial charge in [0.1, 0.15) is 0 Å². The maximum absolute atomic E-state index is 12.0. The number of carboxylic acids is 1. The molecule has 0 unspecified atom stereocenters. The Morgan fingerprint density at radius 3 is 2.33 bits per heavy atom. The number of nitrogens with zero attached hydrogens (tertiary/aromatic N) is 1. The molecule has 0 radical (unpaired) electrons. The van der Waals surface area contributed by atoms with Gasteiger partial charge in [-0.15, -0.1) is 0 Å². The van der Waals surface area contributed by atoms with E-state index in [9.17, 15) is 13.2 Å². The highest BCUT2D eigenvalue weighted by atomic mass is 32.2. The fraction of sp³-hybridized carbons (Fsp3) is 0.231. The first kappa shape index (κ1) is 15.0. The topological polar surface area (TPSA) is 112 Å². The summed E-state index contributed by atoms with van der Waals surface area (Å²) in [7, 11) is -3.72. The predicted octanol–water partition coefficient (Wildman–Crippen LogP) is 1.57. The number of rotatable bonds is 5. The molecule has 0 saturated carbocycles. The molecular weight excluding hydrogens is 294 g/mol. The van der Waals surface area contributed by atoms with Gasteiger partial charge in [0.05, 0.1) is 11.6 Å². The van der Waals surface area contributed by atoms with Crippen LogP contribution < -0.4 is 4.72 Å². The molecule has 0 fully saturated rings. The molecule has 0 saturated heterocycles. The van der Waals surface area contributed by atoms with Gasteiger partial charge in [0.15, 0.2) is 5.03 Å². The van der Waals surface area contributed by atoms with Crippen molar-refractivity contribution in [2.45, 2.75) is 24.3 Å². The summed E-state index contributed by atoms with van der Waals surface area (Å²) in [5.41, 5.74) is -0.116. The normalized spacial score (nSPS) is 12.1. The Balaban J connectivity index is 2.23. The van der Waals surface area contributed by atoms with E-state index in [4.69, 9.17) is 5.11 Å². The van der Waals surface area contributed by atoms with Gasteiger partial charge in [0, 0.05) is 5.69 Å². The lowest BCUT2D eigenvalue weighted by molar-refractivity contribution is -0.142. The number of aromatic amines is 1. The fourth-order valence-electron chi connectivity index (χ4n) is 1.68. The minimum absolute atomic E-state index is 0.0440. The second-order valence-electron chi connectivity index (χ2n) is 5.03. The standard InChI is InChI=1S/C13H15N3O4S/c1-13(2,12(17)18)9-3-5-10(6-4-9)16-21(19,20)11-7-8-14-15-11/h3-8,16H,1-2H3,(H,14,15)(H,17,18). The number of anilines is 1. The van der Waals surface area contributed by atoms with Crippen LogP contribution in [0.5, 0.6) is 0 Å². The monoisotopic (exact) mass is 309 g/mol. The minimum atomic E-state index is -3.72. The van der Waals surface area contributed by atoms with Crippen molar-refractivity contribution in [1.82, 2.24) is 10.2 Å². The Hall–Kier alpha value is -2.35. The molecular formula is C13H15N3O4S. The van der Waals surface area contributed by atoms with E-state index in [-0.39, 0.29) is 5.03 Å². The van der Waals surface area contributed by atoms with Gasteiger partial charge >= 0.3 is 5.97 Å². The maximum Gasteiger partial charge on any atom is 0.313 e. The summed E-state index contributed by atoms with van der Waals surface area (Å²) >= 11 is 0. The second kappa shape index (κ2) is 5.21. The lowest BCUT2D eigenvalue weighted by Crippen LogP contribution is -2.28. The van der Waals surface area contributed by atoms with Gasteiger partial charge in [-0.1, -0.05) is 12.1 Å². The van der Waals surface area contributed by atoms with Crippen LogP contribution in [0.3, 0.4) is 0 Å². The molecule has 112 valence electrons. The van der Waals surface area contributed by atoms with Crippen LogP contribution in [0.2, 0.25) is 0 Å². The number of aliphatic carboxylic acids is 1. The van der Waals surface area contributed by atoms with Crippen LogP contribution in [0.1, 0.15) is 19.4 Å². The number of aromatic nitrogens is 2. The molecule has 3 N–H and O–H groups in total. The molecule has 0 bridgehead atoms. The minimum Gasteiger partial charge on any atom is -0.481 e. The first-order valence-corrected chi connectivity index (χ1v) is 7.58. The third-order valence-corrected chi connectivity index (χ3v) is 4.47. The summed E-state index contributed by atoms with van der Waals surface area (Å²) in [5.74, 6) is -0.951. The molecule has 8 heteroatoms. The SMILES string of the molecule is CC(C)(C(=O)O)c1ccc(NS(=O)(=O)c2ccn[nH]2)cc1. The van der Waals surface area contributed by atoms with Crippen molar-refractivity contribution in [2.24, 2.45) is 0 Å².